The maximum Gasteiger partial charge on any atom is 0.289 e. The third kappa shape index (κ3) is 1.34. The minimum Gasteiger partial charge on any atom is -0.224 e. The van der Waals surface area contributed by atoms with Gasteiger partial charge in [0.05, 0.1) is 24.8 Å². The molecule has 0 aliphatic rings. The molecule has 44 valence electrons. The zero-order chi connectivity index (χ0) is 7.98. The Morgan fingerprint density at radius 3 is 1.70 bits per heavy atom. The number of hydrogen-bond acceptors (Lipinski definition) is 3. The largest absolute Gasteiger partial charge is 0.289 e. The van der Waals surface area contributed by atoms with E-state index in [2.05, 4.69) is 4.85 Å². The van der Waals surface area contributed by atoms with E-state index in [1.165, 1.54) is 18.2 Å². The Morgan fingerprint density at radius 1 is 1.10 bits per heavy atom. The number of hydrogen-bond donors (Lipinski definition) is 0. The minimum absolute atomic E-state index is 0.433. The highest BCUT2D eigenvalue weighted by Crippen LogP contribution is 2.01. The fraction of sp³-hybridized carbons (Fsp3) is 0. The van der Waals surface area contributed by atoms with Crippen molar-refractivity contribution in [1.82, 2.24) is 0 Å². The van der Waals surface area contributed by atoms with Crippen LogP contribution in [0.1, 0.15) is 0 Å². The molecule has 0 atom stereocenters. The lowest BCUT2D eigenvalue weighted by Gasteiger charge is -1.76. The molecule has 0 rings (SSSR count). The lowest BCUT2D eigenvalue weighted by atomic mass is 10.3. The van der Waals surface area contributed by atoms with Crippen LogP contribution >= 0.6 is 0 Å². The Bertz CT molecular complexity index is 257. The first kappa shape index (κ1) is 7.70. The Labute approximate surface area is 57.7 Å². The van der Waals surface area contributed by atoms with Crippen molar-refractivity contribution in [2.24, 2.45) is 0 Å². The normalized spacial score (nSPS) is 5.60. The van der Waals surface area contributed by atoms with Gasteiger partial charge in [-0.2, -0.15) is 10.5 Å². The second-order valence-corrected chi connectivity index (χ2v) is 1.17. The summed E-state index contributed by atoms with van der Waals surface area (Å²) in [5.41, 5.74) is -0.887. The molecule has 4 nitrogen and oxygen atoms in total. The third-order valence-electron chi connectivity index (χ3n) is 0.678. The molecule has 0 aliphatic carbocycles. The van der Waals surface area contributed by atoms with Crippen LogP contribution in [0.4, 0.5) is 0 Å². The molecule has 0 radical (unpaired) electrons. The minimum atomic E-state index is -0.454. The second kappa shape index (κ2) is 3.67. The molecule has 0 unspecified atom stereocenters. The SMILES string of the molecule is [C-]#[N+]C(C#N)=C(C#N)C#N. The highest BCUT2D eigenvalue weighted by Gasteiger charge is 2.02. The first-order valence-electron chi connectivity index (χ1n) is 2.12. The maximum atomic E-state index is 8.13. The van der Waals surface area contributed by atoms with Crippen LogP contribution in [-0.2, 0) is 0 Å². The lowest BCUT2D eigenvalue weighted by molar-refractivity contribution is 1.42. The molecule has 10 heavy (non-hydrogen) atoms. The maximum absolute atomic E-state index is 8.13. The van der Waals surface area contributed by atoms with E-state index in [1.807, 2.05) is 0 Å². The van der Waals surface area contributed by atoms with Gasteiger partial charge in [0.25, 0.3) is 5.70 Å². The molecule has 0 N–H and O–H groups in total. The van der Waals surface area contributed by atoms with E-state index < -0.39 is 11.3 Å². The van der Waals surface area contributed by atoms with E-state index in [0.29, 0.717) is 0 Å². The zero-order valence-electron chi connectivity index (χ0n) is 4.79. The van der Waals surface area contributed by atoms with Crippen molar-refractivity contribution in [1.29, 1.82) is 15.8 Å². The predicted molar refractivity (Wildman–Crippen MR) is 30.5 cm³/mol. The molecule has 0 heterocycles. The van der Waals surface area contributed by atoms with E-state index in [0.717, 1.165) is 0 Å². The van der Waals surface area contributed by atoms with Crippen LogP contribution in [-0.4, -0.2) is 0 Å². The second-order valence-electron chi connectivity index (χ2n) is 1.17. The topological polar surface area (TPSA) is 75.7 Å². The summed E-state index contributed by atoms with van der Waals surface area (Å²) < 4.78 is 0. The standard InChI is InChI=1S/C6N4/c1-10-6(4-9)5(2-7)3-8. The molecular weight excluding hydrogens is 128 g/mol. The van der Waals surface area contributed by atoms with Gasteiger partial charge in [-0.25, -0.2) is 10.1 Å². The van der Waals surface area contributed by atoms with E-state index in [-0.39, 0.29) is 0 Å². The summed E-state index contributed by atoms with van der Waals surface area (Å²) in [4.78, 5) is 2.67. The molecule has 0 aromatic carbocycles. The van der Waals surface area contributed by atoms with Gasteiger partial charge in [-0.3, -0.25) is 0 Å². The van der Waals surface area contributed by atoms with Crippen LogP contribution in [0.5, 0.6) is 0 Å². The Hall–Kier alpha value is -2.30. The number of nitrogens with zero attached hydrogens (tertiary/aromatic N) is 4. The summed E-state index contributed by atoms with van der Waals surface area (Å²) in [6.45, 7) is 6.34. The van der Waals surface area contributed by atoms with Crippen molar-refractivity contribution in [2.75, 3.05) is 0 Å². The summed E-state index contributed by atoms with van der Waals surface area (Å²) >= 11 is 0. The van der Waals surface area contributed by atoms with Crippen LogP contribution in [0.3, 0.4) is 0 Å². The van der Waals surface area contributed by atoms with Gasteiger partial charge in [0.2, 0.25) is 0 Å². The molecular formula is C6N4. The fourth-order valence-corrected chi connectivity index (χ4v) is 0.268. The zero-order valence-corrected chi connectivity index (χ0v) is 4.79. The third-order valence-corrected chi connectivity index (χ3v) is 0.678. The van der Waals surface area contributed by atoms with Crippen molar-refractivity contribution < 1.29 is 0 Å². The van der Waals surface area contributed by atoms with Gasteiger partial charge in [0.15, 0.2) is 0 Å². The molecule has 0 aliphatic heterocycles. The Balaban J connectivity index is 5.12. The summed E-state index contributed by atoms with van der Waals surface area (Å²) in [7, 11) is 0. The smallest absolute Gasteiger partial charge is 0.224 e. The van der Waals surface area contributed by atoms with Gasteiger partial charge >= 0.3 is 0 Å². The van der Waals surface area contributed by atoms with Gasteiger partial charge in [-0.1, -0.05) is 0 Å². The van der Waals surface area contributed by atoms with E-state index in [4.69, 9.17) is 22.4 Å². The average Bonchev–Trinajstić information content (AvgIpc) is 2.00. The van der Waals surface area contributed by atoms with E-state index >= 15 is 0 Å². The number of allylic oxidation sites excluding steroid dienone is 2. The highest BCUT2D eigenvalue weighted by atomic mass is 14.7. The first-order valence-corrected chi connectivity index (χ1v) is 2.12. The van der Waals surface area contributed by atoms with Gasteiger partial charge < -0.3 is 0 Å². The molecule has 4 heteroatoms. The van der Waals surface area contributed by atoms with Gasteiger partial charge in [0.1, 0.15) is 5.57 Å². The van der Waals surface area contributed by atoms with Gasteiger partial charge in [-0.05, 0) is 0 Å². The van der Waals surface area contributed by atoms with E-state index in [9.17, 15) is 0 Å². The summed E-state index contributed by atoms with van der Waals surface area (Å²) in [5, 5.41) is 24.4. The van der Waals surface area contributed by atoms with Crippen LogP contribution < -0.4 is 0 Å². The Kier molecular flexibility index (Phi) is 2.83. The molecule has 0 fully saturated rings. The van der Waals surface area contributed by atoms with Crippen LogP contribution in [0, 0.1) is 40.6 Å². The lowest BCUT2D eigenvalue weighted by Crippen LogP contribution is -1.77. The van der Waals surface area contributed by atoms with Gasteiger partial charge in [0, 0.05) is 0 Å². The first-order chi connectivity index (χ1) is 4.79. The predicted octanol–water partition coefficient (Wildman–Crippen LogP) is 0.731. The average molecular weight is 128 g/mol. The van der Waals surface area contributed by atoms with E-state index in [1.54, 1.807) is 0 Å². The molecule has 0 saturated carbocycles. The summed E-state index contributed by atoms with van der Waals surface area (Å²) in [5.74, 6) is 0. The fourth-order valence-electron chi connectivity index (χ4n) is 0.268. The summed E-state index contributed by atoms with van der Waals surface area (Å²) in [6.07, 6.45) is 0. The number of rotatable bonds is 0. The summed E-state index contributed by atoms with van der Waals surface area (Å²) in [6, 6.07) is 4.31. The van der Waals surface area contributed by atoms with Crippen molar-refractivity contribution in [3.8, 4) is 18.2 Å². The molecule has 0 saturated heterocycles. The molecule has 0 amide bonds. The quantitative estimate of drug-likeness (QED) is 0.356. The van der Waals surface area contributed by atoms with Crippen molar-refractivity contribution in [3.63, 3.8) is 0 Å². The Morgan fingerprint density at radius 2 is 1.60 bits per heavy atom. The monoisotopic (exact) mass is 128 g/mol. The number of nitriles is 3. The van der Waals surface area contributed by atoms with Crippen molar-refractivity contribution in [2.45, 2.75) is 0 Å². The molecule has 0 aromatic rings. The van der Waals surface area contributed by atoms with Crippen LogP contribution in [0.25, 0.3) is 4.85 Å². The van der Waals surface area contributed by atoms with Gasteiger partial charge in [-0.15, -0.1) is 0 Å². The van der Waals surface area contributed by atoms with Crippen LogP contribution in [0.2, 0.25) is 0 Å². The molecule has 0 spiro atoms. The molecule has 0 bridgehead atoms. The highest BCUT2D eigenvalue weighted by molar-refractivity contribution is 5.48. The van der Waals surface area contributed by atoms with Crippen LogP contribution in [0.15, 0.2) is 11.3 Å². The van der Waals surface area contributed by atoms with Crippen molar-refractivity contribution >= 4 is 0 Å². The van der Waals surface area contributed by atoms with Crippen molar-refractivity contribution in [3.05, 3.63) is 22.7 Å². The molecule has 0 aromatic heterocycles.